The Morgan fingerprint density at radius 1 is 1.24 bits per heavy atom. The number of rotatable bonds is 3. The van der Waals surface area contributed by atoms with Crippen molar-refractivity contribution >= 4 is 16.8 Å². The van der Waals surface area contributed by atoms with Crippen molar-refractivity contribution in [2.24, 2.45) is 0 Å². The molecule has 21 heavy (non-hydrogen) atoms. The molecule has 3 aromatic rings. The highest BCUT2D eigenvalue weighted by Gasteiger charge is 2.16. The van der Waals surface area contributed by atoms with Crippen LogP contribution in [0.1, 0.15) is 40.4 Å². The number of carbonyl (C=O) groups excluding carboxylic acids is 1. The molecule has 2 heterocycles. The number of fused-ring (bicyclic) bond motifs is 1. The zero-order chi connectivity index (χ0) is 15.0. The first-order valence-electron chi connectivity index (χ1n) is 6.99. The summed E-state index contributed by atoms with van der Waals surface area (Å²) in [5.74, 6) is 1.63. The van der Waals surface area contributed by atoms with E-state index in [0.29, 0.717) is 5.56 Å². The van der Waals surface area contributed by atoms with Crippen LogP contribution in [0.3, 0.4) is 0 Å². The van der Waals surface area contributed by atoms with Gasteiger partial charge in [0.15, 0.2) is 0 Å². The van der Waals surface area contributed by atoms with Crippen LogP contribution in [0.5, 0.6) is 0 Å². The van der Waals surface area contributed by atoms with Gasteiger partial charge >= 0.3 is 0 Å². The molecule has 0 bridgehead atoms. The Hall–Kier alpha value is -2.49. The molecule has 1 amide bonds. The van der Waals surface area contributed by atoms with Crippen molar-refractivity contribution in [2.75, 3.05) is 0 Å². The molecule has 4 nitrogen and oxygen atoms in total. The average Bonchev–Trinajstić information content (AvgIpc) is 3.03. The molecule has 1 unspecified atom stereocenters. The standard InChI is InChI=1S/C17H18N2O2/c1-10-8-15(12(3)21-10)11(2)19-17(20)14-4-5-16-13(9-14)6-7-18-16/h4-9,11,18H,1-3H3,(H,19,20). The third kappa shape index (κ3) is 2.57. The predicted molar refractivity (Wildman–Crippen MR) is 82.4 cm³/mol. The number of nitrogens with one attached hydrogen (secondary N) is 2. The lowest BCUT2D eigenvalue weighted by molar-refractivity contribution is 0.0940. The van der Waals surface area contributed by atoms with E-state index in [-0.39, 0.29) is 11.9 Å². The number of carbonyl (C=O) groups is 1. The fraction of sp³-hybridized carbons (Fsp3) is 0.235. The van der Waals surface area contributed by atoms with E-state index in [2.05, 4.69) is 10.3 Å². The highest BCUT2D eigenvalue weighted by atomic mass is 16.3. The molecular formula is C17H18N2O2. The Kier molecular flexibility index (Phi) is 3.29. The highest BCUT2D eigenvalue weighted by molar-refractivity contribution is 5.98. The van der Waals surface area contributed by atoms with Crippen molar-refractivity contribution in [3.63, 3.8) is 0 Å². The molecule has 0 radical (unpaired) electrons. The van der Waals surface area contributed by atoms with E-state index in [1.807, 2.05) is 57.3 Å². The van der Waals surface area contributed by atoms with E-state index in [1.54, 1.807) is 0 Å². The van der Waals surface area contributed by atoms with Crippen LogP contribution in [-0.4, -0.2) is 10.9 Å². The summed E-state index contributed by atoms with van der Waals surface area (Å²) >= 11 is 0. The van der Waals surface area contributed by atoms with Gasteiger partial charge in [-0.2, -0.15) is 0 Å². The minimum Gasteiger partial charge on any atom is -0.466 e. The molecule has 0 spiro atoms. The number of furan rings is 1. The third-order valence-corrected chi connectivity index (χ3v) is 3.71. The van der Waals surface area contributed by atoms with Crippen LogP contribution in [0.2, 0.25) is 0 Å². The second-order valence-corrected chi connectivity index (χ2v) is 5.34. The number of hydrogen-bond donors (Lipinski definition) is 2. The van der Waals surface area contributed by atoms with E-state index in [9.17, 15) is 4.79 Å². The maximum Gasteiger partial charge on any atom is 0.251 e. The maximum absolute atomic E-state index is 12.4. The Balaban J connectivity index is 1.80. The molecule has 0 saturated heterocycles. The lowest BCUT2D eigenvalue weighted by atomic mass is 10.1. The molecule has 0 fully saturated rings. The number of aromatic amines is 1. The molecule has 108 valence electrons. The average molecular weight is 282 g/mol. The molecule has 3 rings (SSSR count). The first-order valence-corrected chi connectivity index (χ1v) is 6.99. The van der Waals surface area contributed by atoms with Gasteiger partial charge in [0.2, 0.25) is 0 Å². The molecule has 0 aliphatic carbocycles. The smallest absolute Gasteiger partial charge is 0.251 e. The maximum atomic E-state index is 12.4. The van der Waals surface area contributed by atoms with Gasteiger partial charge < -0.3 is 14.7 Å². The molecule has 0 saturated carbocycles. The van der Waals surface area contributed by atoms with Crippen molar-refractivity contribution in [3.05, 3.63) is 59.2 Å². The van der Waals surface area contributed by atoms with Crippen LogP contribution in [0.4, 0.5) is 0 Å². The van der Waals surface area contributed by atoms with E-state index in [1.165, 1.54) is 0 Å². The van der Waals surface area contributed by atoms with Gasteiger partial charge in [-0.15, -0.1) is 0 Å². The summed E-state index contributed by atoms with van der Waals surface area (Å²) in [4.78, 5) is 15.5. The van der Waals surface area contributed by atoms with Crippen molar-refractivity contribution in [2.45, 2.75) is 26.8 Å². The van der Waals surface area contributed by atoms with Gasteiger partial charge in [0.25, 0.3) is 5.91 Å². The van der Waals surface area contributed by atoms with E-state index in [0.717, 1.165) is 28.0 Å². The predicted octanol–water partition coefficient (Wildman–Crippen LogP) is 3.87. The van der Waals surface area contributed by atoms with Crippen LogP contribution in [-0.2, 0) is 0 Å². The third-order valence-electron chi connectivity index (χ3n) is 3.71. The van der Waals surface area contributed by atoms with Crippen LogP contribution in [0, 0.1) is 13.8 Å². The van der Waals surface area contributed by atoms with Crippen molar-refractivity contribution in [3.8, 4) is 0 Å². The molecule has 1 atom stereocenters. The summed E-state index contributed by atoms with van der Waals surface area (Å²) in [6.45, 7) is 5.78. The van der Waals surface area contributed by atoms with Gasteiger partial charge in [-0.3, -0.25) is 4.79 Å². The summed E-state index contributed by atoms with van der Waals surface area (Å²) in [6, 6.07) is 9.48. The Morgan fingerprint density at radius 2 is 2.05 bits per heavy atom. The summed E-state index contributed by atoms with van der Waals surface area (Å²) in [5, 5.41) is 4.05. The summed E-state index contributed by atoms with van der Waals surface area (Å²) in [7, 11) is 0. The number of aryl methyl sites for hydroxylation is 2. The minimum absolute atomic E-state index is 0.0798. The Bertz CT molecular complexity index is 798. The molecule has 2 N–H and O–H groups in total. The molecule has 4 heteroatoms. The van der Waals surface area contributed by atoms with Crippen molar-refractivity contribution in [1.29, 1.82) is 0 Å². The van der Waals surface area contributed by atoms with Gasteiger partial charge in [0.1, 0.15) is 11.5 Å². The quantitative estimate of drug-likeness (QED) is 0.766. The lowest BCUT2D eigenvalue weighted by Crippen LogP contribution is -2.26. The van der Waals surface area contributed by atoms with E-state index >= 15 is 0 Å². The molecule has 0 aliphatic heterocycles. The minimum atomic E-state index is -0.0862. The highest BCUT2D eigenvalue weighted by Crippen LogP contribution is 2.22. The van der Waals surface area contributed by atoms with Gasteiger partial charge in [0.05, 0.1) is 6.04 Å². The number of benzene rings is 1. The SMILES string of the molecule is Cc1cc(C(C)NC(=O)c2ccc3[nH]ccc3c2)c(C)o1. The molecule has 2 aromatic heterocycles. The number of aromatic nitrogens is 1. The first-order chi connectivity index (χ1) is 10.0. The summed E-state index contributed by atoms with van der Waals surface area (Å²) < 4.78 is 5.51. The second-order valence-electron chi connectivity index (χ2n) is 5.34. The molecule has 1 aromatic carbocycles. The van der Waals surface area contributed by atoms with Gasteiger partial charge in [0, 0.05) is 28.2 Å². The van der Waals surface area contributed by atoms with E-state index < -0.39 is 0 Å². The monoisotopic (exact) mass is 282 g/mol. The lowest BCUT2D eigenvalue weighted by Gasteiger charge is -2.13. The van der Waals surface area contributed by atoms with Crippen LogP contribution < -0.4 is 5.32 Å². The number of amides is 1. The second kappa shape index (κ2) is 5.13. The zero-order valence-corrected chi connectivity index (χ0v) is 12.4. The molecule has 0 aliphatic rings. The number of H-pyrrole nitrogens is 1. The topological polar surface area (TPSA) is 58.0 Å². The fourth-order valence-electron chi connectivity index (χ4n) is 2.63. The number of hydrogen-bond acceptors (Lipinski definition) is 2. The Labute approximate surface area is 123 Å². The summed E-state index contributed by atoms with van der Waals surface area (Å²) in [6.07, 6.45) is 1.87. The largest absolute Gasteiger partial charge is 0.466 e. The summed E-state index contributed by atoms with van der Waals surface area (Å²) in [5.41, 5.74) is 2.70. The van der Waals surface area contributed by atoms with Crippen molar-refractivity contribution in [1.82, 2.24) is 10.3 Å². The van der Waals surface area contributed by atoms with Crippen LogP contribution in [0.15, 0.2) is 40.9 Å². The zero-order valence-electron chi connectivity index (χ0n) is 12.4. The van der Waals surface area contributed by atoms with Crippen molar-refractivity contribution < 1.29 is 9.21 Å². The Morgan fingerprint density at radius 3 is 2.76 bits per heavy atom. The molecular weight excluding hydrogens is 264 g/mol. The van der Waals surface area contributed by atoms with E-state index in [4.69, 9.17) is 4.42 Å². The normalized spacial score (nSPS) is 12.5. The van der Waals surface area contributed by atoms with Gasteiger partial charge in [-0.1, -0.05) is 0 Å². The van der Waals surface area contributed by atoms with Gasteiger partial charge in [-0.05, 0) is 51.1 Å². The van der Waals surface area contributed by atoms with Crippen LogP contribution in [0.25, 0.3) is 10.9 Å². The van der Waals surface area contributed by atoms with Crippen LogP contribution >= 0.6 is 0 Å². The first kappa shape index (κ1) is 13.5. The van der Waals surface area contributed by atoms with Gasteiger partial charge in [-0.25, -0.2) is 0 Å². The fourth-order valence-corrected chi connectivity index (χ4v) is 2.63.